The van der Waals surface area contributed by atoms with E-state index in [4.69, 9.17) is 0 Å². The predicted octanol–water partition coefficient (Wildman–Crippen LogP) is 0.757. The number of halogens is 1. The van der Waals surface area contributed by atoms with Crippen LogP contribution in [0.25, 0.3) is 0 Å². The van der Waals surface area contributed by atoms with Gasteiger partial charge in [-0.05, 0) is 39.7 Å². The smallest absolute Gasteiger partial charge is 0.222 e. The lowest BCUT2D eigenvalue weighted by molar-refractivity contribution is -0.121. The number of rotatable bonds is 9. The van der Waals surface area contributed by atoms with Gasteiger partial charge in [0.15, 0.2) is 15.8 Å². The number of amides is 1. The summed E-state index contributed by atoms with van der Waals surface area (Å²) in [6.45, 7) is 8.65. The minimum absolute atomic E-state index is 0. The number of aromatic nitrogens is 2. The second kappa shape index (κ2) is 12.4. The number of hydrogen-bond acceptors (Lipinski definition) is 5. The number of guanidine groups is 1. The number of nitrogens with one attached hydrogen (secondary N) is 3. The number of carbonyl (C=O) groups is 1. The van der Waals surface area contributed by atoms with Crippen LogP contribution in [0, 0.1) is 13.8 Å². The fourth-order valence-electron chi connectivity index (χ4n) is 3.16. The van der Waals surface area contributed by atoms with Crippen LogP contribution in [-0.2, 0) is 21.2 Å². The van der Waals surface area contributed by atoms with E-state index in [2.05, 4.69) is 32.1 Å². The van der Waals surface area contributed by atoms with Crippen LogP contribution in [0.2, 0.25) is 0 Å². The van der Waals surface area contributed by atoms with Crippen molar-refractivity contribution in [2.24, 2.45) is 4.99 Å². The summed E-state index contributed by atoms with van der Waals surface area (Å²) in [5, 5.41) is 13.5. The number of hydrogen-bond donors (Lipinski definition) is 3. The fraction of sp³-hybridized carbons (Fsp3) is 0.722. The fourth-order valence-corrected chi connectivity index (χ4v) is 4.83. The summed E-state index contributed by atoms with van der Waals surface area (Å²) in [4.78, 5) is 16.5. The summed E-state index contributed by atoms with van der Waals surface area (Å²) in [5.74, 6) is 0.735. The first-order valence-electron chi connectivity index (χ1n) is 9.82. The van der Waals surface area contributed by atoms with Crippen molar-refractivity contribution in [2.45, 2.75) is 52.6 Å². The monoisotopic (exact) mass is 540 g/mol. The molecule has 1 aliphatic rings. The summed E-state index contributed by atoms with van der Waals surface area (Å²) >= 11 is 0. The molecule has 1 fully saturated rings. The van der Waals surface area contributed by atoms with Gasteiger partial charge in [0, 0.05) is 44.3 Å². The Hall–Kier alpha value is -1.37. The zero-order valence-corrected chi connectivity index (χ0v) is 20.5. The van der Waals surface area contributed by atoms with Crippen molar-refractivity contribution in [3.05, 3.63) is 17.5 Å². The SMILES string of the molecule is CCNC(=NCCCn1nc(C)cc1C)NCCC(=O)NC1CCS(=O)(=O)C1.I. The molecule has 1 aliphatic heterocycles. The molecular weight excluding hydrogens is 507 g/mol. The molecule has 1 saturated heterocycles. The molecule has 1 amide bonds. The highest BCUT2D eigenvalue weighted by Crippen LogP contribution is 2.11. The highest BCUT2D eigenvalue weighted by molar-refractivity contribution is 14.0. The van der Waals surface area contributed by atoms with E-state index in [1.54, 1.807) is 0 Å². The van der Waals surface area contributed by atoms with Gasteiger partial charge in [0.1, 0.15) is 0 Å². The normalized spacial score (nSPS) is 18.2. The Morgan fingerprint density at radius 3 is 2.69 bits per heavy atom. The third kappa shape index (κ3) is 9.32. The van der Waals surface area contributed by atoms with E-state index in [-0.39, 0.29) is 53.9 Å². The highest BCUT2D eigenvalue weighted by Gasteiger charge is 2.28. The van der Waals surface area contributed by atoms with Crippen molar-refractivity contribution in [1.82, 2.24) is 25.7 Å². The first-order chi connectivity index (χ1) is 13.3. The van der Waals surface area contributed by atoms with Crippen molar-refractivity contribution in [3.63, 3.8) is 0 Å². The molecule has 166 valence electrons. The van der Waals surface area contributed by atoms with Crippen molar-refractivity contribution < 1.29 is 13.2 Å². The molecule has 3 N–H and O–H groups in total. The maximum Gasteiger partial charge on any atom is 0.222 e. The molecule has 1 aromatic heterocycles. The Bertz CT molecular complexity index is 794. The first-order valence-corrected chi connectivity index (χ1v) is 11.6. The van der Waals surface area contributed by atoms with Gasteiger partial charge in [0.05, 0.1) is 17.2 Å². The predicted molar refractivity (Wildman–Crippen MR) is 126 cm³/mol. The van der Waals surface area contributed by atoms with Crippen molar-refractivity contribution in [3.8, 4) is 0 Å². The lowest BCUT2D eigenvalue weighted by Crippen LogP contribution is -2.41. The van der Waals surface area contributed by atoms with Gasteiger partial charge in [0.25, 0.3) is 0 Å². The topological polar surface area (TPSA) is 117 Å². The van der Waals surface area contributed by atoms with Gasteiger partial charge in [-0.1, -0.05) is 0 Å². The van der Waals surface area contributed by atoms with Crippen LogP contribution in [-0.4, -0.2) is 67.2 Å². The maximum absolute atomic E-state index is 12.0. The molecule has 0 aromatic carbocycles. The van der Waals surface area contributed by atoms with E-state index in [0.717, 1.165) is 30.9 Å². The third-order valence-corrected chi connectivity index (χ3v) is 6.26. The Balaban J connectivity index is 0.00000420. The van der Waals surface area contributed by atoms with E-state index in [1.165, 1.54) is 0 Å². The van der Waals surface area contributed by atoms with Gasteiger partial charge in [-0.2, -0.15) is 5.10 Å². The summed E-state index contributed by atoms with van der Waals surface area (Å²) in [6, 6.07) is 1.80. The Morgan fingerprint density at radius 1 is 1.34 bits per heavy atom. The molecule has 11 heteroatoms. The molecule has 0 bridgehead atoms. The Kier molecular flexibility index (Phi) is 10.9. The average Bonchev–Trinajstić information content (AvgIpc) is 3.11. The number of nitrogens with zero attached hydrogens (tertiary/aromatic N) is 3. The van der Waals surface area contributed by atoms with Gasteiger partial charge in [0.2, 0.25) is 5.91 Å². The average molecular weight is 540 g/mol. The van der Waals surface area contributed by atoms with Crippen molar-refractivity contribution >= 4 is 45.7 Å². The maximum atomic E-state index is 12.0. The van der Waals surface area contributed by atoms with Crippen LogP contribution in [0.4, 0.5) is 0 Å². The molecule has 9 nitrogen and oxygen atoms in total. The minimum atomic E-state index is -2.98. The quantitative estimate of drug-likeness (QED) is 0.184. The van der Waals surface area contributed by atoms with Gasteiger partial charge in [-0.15, -0.1) is 24.0 Å². The first kappa shape index (κ1) is 25.7. The zero-order chi connectivity index (χ0) is 20.6. The van der Waals surface area contributed by atoms with Crippen LogP contribution < -0.4 is 16.0 Å². The summed E-state index contributed by atoms with van der Waals surface area (Å²) in [7, 11) is -2.98. The van der Waals surface area contributed by atoms with Crippen molar-refractivity contribution in [1.29, 1.82) is 0 Å². The molecule has 0 saturated carbocycles. The van der Waals surface area contributed by atoms with Gasteiger partial charge in [-0.3, -0.25) is 14.5 Å². The molecule has 0 aliphatic carbocycles. The van der Waals surface area contributed by atoms with E-state index in [0.29, 0.717) is 25.5 Å². The second-order valence-corrected chi connectivity index (χ2v) is 9.34. The summed E-state index contributed by atoms with van der Waals surface area (Å²) in [6.07, 6.45) is 1.64. The number of aryl methyl sites for hydroxylation is 3. The van der Waals surface area contributed by atoms with Crippen LogP contribution in [0.1, 0.15) is 37.6 Å². The lowest BCUT2D eigenvalue weighted by atomic mass is 10.2. The molecule has 1 atom stereocenters. The lowest BCUT2D eigenvalue weighted by Gasteiger charge is -2.13. The van der Waals surface area contributed by atoms with Crippen LogP contribution >= 0.6 is 24.0 Å². The molecule has 2 rings (SSSR count). The van der Waals surface area contributed by atoms with Crippen LogP contribution in [0.5, 0.6) is 0 Å². The molecule has 29 heavy (non-hydrogen) atoms. The molecular formula is C18H33IN6O3S. The van der Waals surface area contributed by atoms with E-state index in [1.807, 2.05) is 25.5 Å². The van der Waals surface area contributed by atoms with Crippen LogP contribution in [0.15, 0.2) is 11.1 Å². The third-order valence-electron chi connectivity index (χ3n) is 4.49. The molecule has 1 unspecified atom stereocenters. The van der Waals surface area contributed by atoms with Crippen molar-refractivity contribution in [2.75, 3.05) is 31.1 Å². The number of aliphatic imine (C=N–C) groups is 1. The largest absolute Gasteiger partial charge is 0.357 e. The zero-order valence-electron chi connectivity index (χ0n) is 17.4. The molecule has 2 heterocycles. The number of sulfone groups is 1. The molecule has 0 spiro atoms. The van der Waals surface area contributed by atoms with E-state index >= 15 is 0 Å². The van der Waals surface area contributed by atoms with Gasteiger partial charge in [-0.25, -0.2) is 8.42 Å². The summed E-state index contributed by atoms with van der Waals surface area (Å²) in [5.41, 5.74) is 2.16. The van der Waals surface area contributed by atoms with Gasteiger partial charge < -0.3 is 16.0 Å². The number of carbonyl (C=O) groups excluding carboxylic acids is 1. The molecule has 1 aromatic rings. The summed E-state index contributed by atoms with van der Waals surface area (Å²) < 4.78 is 24.9. The van der Waals surface area contributed by atoms with E-state index in [9.17, 15) is 13.2 Å². The Labute approximate surface area is 190 Å². The standard InChI is InChI=1S/C18H32N6O3S.HI/c1-4-19-18(20-8-5-10-24-15(3)12-14(2)23-24)21-9-6-17(25)22-16-7-11-28(26,27)13-16;/h12,16H,4-11,13H2,1-3H3,(H,22,25)(H2,19,20,21);1H. The Morgan fingerprint density at radius 2 is 2.10 bits per heavy atom. The molecule has 0 radical (unpaired) electrons. The van der Waals surface area contributed by atoms with Crippen LogP contribution in [0.3, 0.4) is 0 Å². The van der Waals surface area contributed by atoms with E-state index < -0.39 is 9.84 Å². The highest BCUT2D eigenvalue weighted by atomic mass is 127. The minimum Gasteiger partial charge on any atom is -0.357 e. The second-order valence-electron chi connectivity index (χ2n) is 7.11. The van der Waals surface area contributed by atoms with Gasteiger partial charge >= 0.3 is 0 Å².